The molecule has 0 heterocycles. The van der Waals surface area contributed by atoms with Crippen LogP contribution in [-0.2, 0) is 23.9 Å². The summed E-state index contributed by atoms with van der Waals surface area (Å²) in [5.74, 6) is -1.28. The summed E-state index contributed by atoms with van der Waals surface area (Å²) in [5, 5.41) is 5.65. The first-order chi connectivity index (χ1) is 18.3. The van der Waals surface area contributed by atoms with Crippen LogP contribution >= 0.6 is 0 Å². The number of benzene rings is 1. The van der Waals surface area contributed by atoms with E-state index in [0.717, 1.165) is 30.4 Å². The van der Waals surface area contributed by atoms with Gasteiger partial charge in [0.2, 0.25) is 11.8 Å². The Kier molecular flexibility index (Phi) is 11.8. The molecular formula is C30H47N3O6. The molecule has 0 saturated heterocycles. The summed E-state index contributed by atoms with van der Waals surface area (Å²) in [6, 6.07) is 3.81. The summed E-state index contributed by atoms with van der Waals surface area (Å²) in [7, 11) is 0. The lowest BCUT2D eigenvalue weighted by molar-refractivity contribution is -0.149. The van der Waals surface area contributed by atoms with Gasteiger partial charge in [0.15, 0.2) is 0 Å². The highest BCUT2D eigenvalue weighted by atomic mass is 16.6. The lowest BCUT2D eigenvalue weighted by Crippen LogP contribution is -2.59. The van der Waals surface area contributed by atoms with Gasteiger partial charge in [0.1, 0.15) is 17.7 Å². The molecule has 1 aromatic carbocycles. The number of esters is 1. The highest BCUT2D eigenvalue weighted by molar-refractivity contribution is 5.92. The SMILES string of the molecule is CCOC(=O)CCNC(=O)C(c1ccc(C)c(C)c1)N(C(=O)C(NC(=O)OC(C)(C)C)C(C)CC)C1CCC1. The molecule has 1 aromatic rings. The summed E-state index contributed by atoms with van der Waals surface area (Å²) < 4.78 is 10.4. The van der Waals surface area contributed by atoms with Gasteiger partial charge in [0.25, 0.3) is 0 Å². The zero-order valence-corrected chi connectivity index (χ0v) is 24.9. The Morgan fingerprint density at radius 1 is 1.08 bits per heavy atom. The Morgan fingerprint density at radius 3 is 2.26 bits per heavy atom. The normalized spacial score (nSPS) is 15.8. The number of carbonyl (C=O) groups excluding carboxylic acids is 4. The quantitative estimate of drug-likeness (QED) is 0.367. The summed E-state index contributed by atoms with van der Waals surface area (Å²) in [4.78, 5) is 54.4. The minimum atomic E-state index is -0.920. The third kappa shape index (κ3) is 9.25. The fraction of sp³-hybridized carbons (Fsp3) is 0.667. The van der Waals surface area contributed by atoms with E-state index in [9.17, 15) is 19.2 Å². The van der Waals surface area contributed by atoms with Gasteiger partial charge in [-0.05, 0) is 83.4 Å². The maximum atomic E-state index is 14.3. The maximum Gasteiger partial charge on any atom is 0.408 e. The molecule has 3 atom stereocenters. The molecule has 0 aliphatic heterocycles. The largest absolute Gasteiger partial charge is 0.466 e. The van der Waals surface area contributed by atoms with Crippen LogP contribution in [0.2, 0.25) is 0 Å². The van der Waals surface area contributed by atoms with E-state index in [1.165, 1.54) is 0 Å². The molecule has 0 radical (unpaired) electrons. The van der Waals surface area contributed by atoms with Crippen molar-refractivity contribution in [3.8, 4) is 0 Å². The number of hydrogen-bond donors (Lipinski definition) is 2. The van der Waals surface area contributed by atoms with Crippen molar-refractivity contribution in [1.29, 1.82) is 0 Å². The number of aryl methyl sites for hydroxylation is 2. The molecule has 1 aliphatic rings. The van der Waals surface area contributed by atoms with Crippen molar-refractivity contribution in [1.82, 2.24) is 15.5 Å². The van der Waals surface area contributed by atoms with Crippen molar-refractivity contribution >= 4 is 23.9 Å². The van der Waals surface area contributed by atoms with Crippen molar-refractivity contribution in [3.63, 3.8) is 0 Å². The van der Waals surface area contributed by atoms with Crippen LogP contribution in [0.25, 0.3) is 0 Å². The van der Waals surface area contributed by atoms with Crippen LogP contribution in [0.15, 0.2) is 18.2 Å². The van der Waals surface area contributed by atoms with E-state index in [1.807, 2.05) is 45.9 Å². The molecule has 9 heteroatoms. The average molecular weight is 546 g/mol. The molecule has 2 rings (SSSR count). The topological polar surface area (TPSA) is 114 Å². The second-order valence-electron chi connectivity index (χ2n) is 11.4. The third-order valence-electron chi connectivity index (χ3n) is 7.18. The summed E-state index contributed by atoms with van der Waals surface area (Å²) in [5.41, 5.74) is 2.04. The van der Waals surface area contributed by atoms with Gasteiger partial charge in [-0.25, -0.2) is 4.79 Å². The Hall–Kier alpha value is -3.10. The number of nitrogens with one attached hydrogen (secondary N) is 2. The van der Waals surface area contributed by atoms with Gasteiger partial charge in [-0.1, -0.05) is 38.5 Å². The van der Waals surface area contributed by atoms with E-state index in [-0.39, 0.29) is 43.3 Å². The number of nitrogens with zero attached hydrogens (tertiary/aromatic N) is 1. The molecule has 218 valence electrons. The molecule has 3 amide bonds. The molecule has 0 bridgehead atoms. The van der Waals surface area contributed by atoms with E-state index < -0.39 is 29.7 Å². The predicted molar refractivity (Wildman–Crippen MR) is 150 cm³/mol. The van der Waals surface area contributed by atoms with E-state index >= 15 is 0 Å². The average Bonchev–Trinajstić information content (AvgIpc) is 2.81. The van der Waals surface area contributed by atoms with E-state index in [1.54, 1.807) is 32.6 Å². The lowest BCUT2D eigenvalue weighted by atomic mass is 9.86. The summed E-state index contributed by atoms with van der Waals surface area (Å²) in [6.07, 6.45) is 2.49. The van der Waals surface area contributed by atoms with Gasteiger partial charge in [0.05, 0.1) is 13.0 Å². The molecule has 39 heavy (non-hydrogen) atoms. The number of ether oxygens (including phenoxy) is 2. The monoisotopic (exact) mass is 545 g/mol. The first-order valence-corrected chi connectivity index (χ1v) is 14.1. The Labute approximate surface area is 233 Å². The third-order valence-corrected chi connectivity index (χ3v) is 7.18. The predicted octanol–water partition coefficient (Wildman–Crippen LogP) is 4.73. The van der Waals surface area contributed by atoms with Crippen LogP contribution in [-0.4, -0.2) is 59.6 Å². The lowest BCUT2D eigenvalue weighted by Gasteiger charge is -2.44. The fourth-order valence-corrected chi connectivity index (χ4v) is 4.45. The zero-order valence-electron chi connectivity index (χ0n) is 24.9. The van der Waals surface area contributed by atoms with Crippen molar-refractivity contribution in [3.05, 3.63) is 34.9 Å². The number of alkyl carbamates (subject to hydrolysis) is 1. The smallest absolute Gasteiger partial charge is 0.408 e. The number of amides is 3. The van der Waals surface area contributed by atoms with Gasteiger partial charge < -0.3 is 25.0 Å². The van der Waals surface area contributed by atoms with Crippen molar-refractivity contribution < 1.29 is 28.7 Å². The minimum Gasteiger partial charge on any atom is -0.466 e. The van der Waals surface area contributed by atoms with Crippen LogP contribution in [0, 0.1) is 19.8 Å². The Bertz CT molecular complexity index is 1010. The van der Waals surface area contributed by atoms with E-state index in [4.69, 9.17) is 9.47 Å². The Balaban J connectivity index is 2.47. The standard InChI is InChI=1S/C30H47N3O6/c1-9-19(3)25(32-29(37)39-30(6,7)8)28(36)33(23-12-11-13-23)26(22-15-14-20(4)21(5)18-22)27(35)31-17-16-24(34)38-10-2/h14-15,18-19,23,25-26H,9-13,16-17H2,1-8H3,(H,31,35)(H,32,37). The van der Waals surface area contributed by atoms with Crippen molar-refractivity contribution in [2.45, 2.75) is 111 Å². The molecule has 2 N–H and O–H groups in total. The molecule has 3 unspecified atom stereocenters. The number of carbonyl (C=O) groups is 4. The van der Waals surface area contributed by atoms with Gasteiger partial charge >= 0.3 is 12.1 Å². The Morgan fingerprint density at radius 2 is 1.74 bits per heavy atom. The van der Waals surface area contributed by atoms with Crippen LogP contribution < -0.4 is 10.6 Å². The fourth-order valence-electron chi connectivity index (χ4n) is 4.45. The van der Waals surface area contributed by atoms with Crippen LogP contribution in [0.1, 0.15) is 96.4 Å². The molecule has 1 aliphatic carbocycles. The van der Waals surface area contributed by atoms with Crippen LogP contribution in [0.5, 0.6) is 0 Å². The highest BCUT2D eigenvalue weighted by Crippen LogP contribution is 2.35. The summed E-state index contributed by atoms with van der Waals surface area (Å²) in [6.45, 7) is 15.2. The second kappa shape index (κ2) is 14.3. The van der Waals surface area contributed by atoms with Crippen molar-refractivity contribution in [2.24, 2.45) is 5.92 Å². The molecule has 1 fully saturated rings. The van der Waals surface area contributed by atoms with Crippen molar-refractivity contribution in [2.75, 3.05) is 13.2 Å². The molecule has 0 spiro atoms. The van der Waals surface area contributed by atoms with Gasteiger partial charge in [-0.2, -0.15) is 0 Å². The molecule has 1 saturated carbocycles. The minimum absolute atomic E-state index is 0.0340. The number of hydrogen-bond acceptors (Lipinski definition) is 6. The van der Waals surface area contributed by atoms with Gasteiger partial charge in [0, 0.05) is 12.6 Å². The van der Waals surface area contributed by atoms with E-state index in [2.05, 4.69) is 10.6 Å². The second-order valence-corrected chi connectivity index (χ2v) is 11.4. The van der Waals surface area contributed by atoms with Gasteiger partial charge in [-0.15, -0.1) is 0 Å². The zero-order chi connectivity index (χ0) is 29.3. The van der Waals surface area contributed by atoms with Crippen LogP contribution in [0.4, 0.5) is 4.79 Å². The first kappa shape index (κ1) is 32.1. The first-order valence-electron chi connectivity index (χ1n) is 14.1. The summed E-state index contributed by atoms with van der Waals surface area (Å²) >= 11 is 0. The molecule has 0 aromatic heterocycles. The maximum absolute atomic E-state index is 14.3. The van der Waals surface area contributed by atoms with Crippen LogP contribution in [0.3, 0.4) is 0 Å². The van der Waals surface area contributed by atoms with E-state index in [0.29, 0.717) is 12.0 Å². The molecular weight excluding hydrogens is 498 g/mol. The highest BCUT2D eigenvalue weighted by Gasteiger charge is 2.43. The number of rotatable bonds is 12. The van der Waals surface area contributed by atoms with Gasteiger partial charge in [-0.3, -0.25) is 14.4 Å². The molecule has 9 nitrogen and oxygen atoms in total.